The molecule has 4 atom stereocenters. The summed E-state index contributed by atoms with van der Waals surface area (Å²) in [6.45, 7) is 8.62. The van der Waals surface area contributed by atoms with Crippen molar-refractivity contribution in [1.29, 1.82) is 0 Å². The minimum atomic E-state index is -0.459. The van der Waals surface area contributed by atoms with Gasteiger partial charge in [-0.15, -0.1) is 0 Å². The molecule has 1 aromatic rings. The molecule has 0 spiro atoms. The van der Waals surface area contributed by atoms with Gasteiger partial charge in [-0.1, -0.05) is 26.0 Å². The Labute approximate surface area is 144 Å². The van der Waals surface area contributed by atoms with Gasteiger partial charge in [0.05, 0.1) is 19.3 Å². The van der Waals surface area contributed by atoms with E-state index >= 15 is 0 Å². The van der Waals surface area contributed by atoms with Crippen LogP contribution in [-0.2, 0) is 4.74 Å². The molecular formula is C19H29NO4. The lowest BCUT2D eigenvalue weighted by Crippen LogP contribution is -2.44. The molecule has 2 heterocycles. The van der Waals surface area contributed by atoms with E-state index in [1.807, 2.05) is 24.3 Å². The maximum Gasteiger partial charge on any atom is 0.161 e. The fourth-order valence-electron chi connectivity index (χ4n) is 3.77. The number of para-hydroxylation sites is 2. The summed E-state index contributed by atoms with van der Waals surface area (Å²) in [5.74, 6) is 2.95. The van der Waals surface area contributed by atoms with E-state index in [9.17, 15) is 5.11 Å². The van der Waals surface area contributed by atoms with Gasteiger partial charge >= 0.3 is 0 Å². The molecule has 1 aromatic carbocycles. The van der Waals surface area contributed by atoms with Crippen molar-refractivity contribution in [2.24, 2.45) is 11.8 Å². The summed E-state index contributed by atoms with van der Waals surface area (Å²) < 4.78 is 17.2. The third kappa shape index (κ3) is 4.85. The van der Waals surface area contributed by atoms with Gasteiger partial charge < -0.3 is 24.2 Å². The molecule has 3 rings (SSSR count). The molecule has 0 radical (unpaired) electrons. The number of nitrogens with zero attached hydrogens (tertiary/aromatic N) is 1. The summed E-state index contributed by atoms with van der Waals surface area (Å²) in [6.07, 6.45) is 0.699. The van der Waals surface area contributed by atoms with Crippen LogP contribution >= 0.6 is 0 Å². The summed E-state index contributed by atoms with van der Waals surface area (Å²) in [5.41, 5.74) is 0. The molecule has 2 aliphatic rings. The molecule has 1 fully saturated rings. The Kier molecular flexibility index (Phi) is 5.98. The highest BCUT2D eigenvalue weighted by Gasteiger charge is 2.24. The molecule has 0 aromatic heterocycles. The van der Waals surface area contributed by atoms with E-state index in [1.165, 1.54) is 6.42 Å². The van der Waals surface area contributed by atoms with E-state index in [0.717, 1.165) is 24.6 Å². The first-order valence-electron chi connectivity index (χ1n) is 8.96. The number of aliphatic hydroxyl groups is 1. The number of hydrogen-bond acceptors (Lipinski definition) is 5. The van der Waals surface area contributed by atoms with Crippen molar-refractivity contribution in [1.82, 2.24) is 4.90 Å². The van der Waals surface area contributed by atoms with Crippen LogP contribution in [0.1, 0.15) is 20.3 Å². The first-order valence-corrected chi connectivity index (χ1v) is 8.96. The maximum absolute atomic E-state index is 10.2. The largest absolute Gasteiger partial charge is 0.486 e. The van der Waals surface area contributed by atoms with E-state index in [0.29, 0.717) is 38.2 Å². The molecule has 24 heavy (non-hydrogen) atoms. The number of fused-ring (bicyclic) bond motifs is 1. The molecule has 0 unspecified atom stereocenters. The summed E-state index contributed by atoms with van der Waals surface area (Å²) in [6, 6.07) is 7.65. The fourth-order valence-corrected chi connectivity index (χ4v) is 3.77. The predicted molar refractivity (Wildman–Crippen MR) is 92.6 cm³/mol. The van der Waals surface area contributed by atoms with Crippen LogP contribution in [0.4, 0.5) is 0 Å². The van der Waals surface area contributed by atoms with E-state index in [1.54, 1.807) is 0 Å². The Morgan fingerprint density at radius 1 is 1.21 bits per heavy atom. The smallest absolute Gasteiger partial charge is 0.161 e. The van der Waals surface area contributed by atoms with E-state index in [-0.39, 0.29) is 6.10 Å². The number of benzene rings is 1. The molecule has 134 valence electrons. The van der Waals surface area contributed by atoms with Crippen molar-refractivity contribution in [3.05, 3.63) is 24.3 Å². The highest BCUT2D eigenvalue weighted by Crippen LogP contribution is 2.30. The van der Waals surface area contributed by atoms with Crippen molar-refractivity contribution in [2.75, 3.05) is 39.5 Å². The Balaban J connectivity index is 1.36. The standard InChI is InChI=1S/C19H29NO4/c1-14-7-15(2)9-20(8-14)10-16(21)11-22-12-17-13-23-18-5-3-4-6-19(18)24-17/h3-6,14-17,21H,7-13H2,1-2H3/t14-,15+,16-,17-/m1/s1. The lowest BCUT2D eigenvalue weighted by atomic mass is 9.92. The number of aliphatic hydroxyl groups excluding tert-OH is 1. The van der Waals surface area contributed by atoms with E-state index in [2.05, 4.69) is 18.7 Å². The van der Waals surface area contributed by atoms with Crippen molar-refractivity contribution in [3.63, 3.8) is 0 Å². The number of likely N-dealkylation sites (tertiary alicyclic amines) is 1. The van der Waals surface area contributed by atoms with Gasteiger partial charge in [-0.05, 0) is 30.4 Å². The number of piperidine rings is 1. The maximum atomic E-state index is 10.2. The van der Waals surface area contributed by atoms with Crippen molar-refractivity contribution >= 4 is 0 Å². The second kappa shape index (κ2) is 8.19. The van der Waals surface area contributed by atoms with Crippen molar-refractivity contribution in [3.8, 4) is 11.5 Å². The lowest BCUT2D eigenvalue weighted by Gasteiger charge is -2.36. The average molecular weight is 335 g/mol. The van der Waals surface area contributed by atoms with Crippen LogP contribution in [-0.4, -0.2) is 61.7 Å². The van der Waals surface area contributed by atoms with Gasteiger partial charge in [-0.25, -0.2) is 0 Å². The fraction of sp³-hybridized carbons (Fsp3) is 0.684. The van der Waals surface area contributed by atoms with Gasteiger partial charge in [-0.2, -0.15) is 0 Å². The monoisotopic (exact) mass is 335 g/mol. The molecule has 0 amide bonds. The van der Waals surface area contributed by atoms with Crippen molar-refractivity contribution < 1.29 is 19.3 Å². The molecule has 1 saturated heterocycles. The Bertz CT molecular complexity index is 514. The van der Waals surface area contributed by atoms with Crippen LogP contribution in [0.15, 0.2) is 24.3 Å². The van der Waals surface area contributed by atoms with Gasteiger partial charge in [0.2, 0.25) is 0 Å². The summed E-state index contributed by atoms with van der Waals surface area (Å²) in [7, 11) is 0. The molecule has 0 bridgehead atoms. The van der Waals surface area contributed by atoms with Crippen LogP contribution < -0.4 is 9.47 Å². The van der Waals surface area contributed by atoms with Crippen LogP contribution in [0.5, 0.6) is 11.5 Å². The molecule has 0 aliphatic carbocycles. The normalized spacial score (nSPS) is 28.5. The van der Waals surface area contributed by atoms with Crippen LogP contribution in [0.2, 0.25) is 0 Å². The highest BCUT2D eigenvalue weighted by molar-refractivity contribution is 5.40. The second-order valence-corrected chi connectivity index (χ2v) is 7.35. The molecular weight excluding hydrogens is 306 g/mol. The quantitative estimate of drug-likeness (QED) is 0.863. The second-order valence-electron chi connectivity index (χ2n) is 7.35. The number of rotatable bonds is 6. The Morgan fingerprint density at radius 2 is 1.92 bits per heavy atom. The first-order chi connectivity index (χ1) is 11.6. The first kappa shape index (κ1) is 17.5. The minimum Gasteiger partial charge on any atom is -0.486 e. The topological polar surface area (TPSA) is 51.2 Å². The molecule has 5 heteroatoms. The summed E-state index contributed by atoms with van der Waals surface area (Å²) >= 11 is 0. The van der Waals surface area contributed by atoms with Gasteiger partial charge in [-0.3, -0.25) is 0 Å². The zero-order valence-electron chi connectivity index (χ0n) is 14.7. The highest BCUT2D eigenvalue weighted by atomic mass is 16.6. The zero-order chi connectivity index (χ0) is 16.9. The van der Waals surface area contributed by atoms with Gasteiger partial charge in [0.25, 0.3) is 0 Å². The Hall–Kier alpha value is -1.30. The van der Waals surface area contributed by atoms with Gasteiger partial charge in [0.15, 0.2) is 17.6 Å². The Morgan fingerprint density at radius 3 is 2.67 bits per heavy atom. The van der Waals surface area contributed by atoms with Crippen LogP contribution in [0.3, 0.4) is 0 Å². The minimum absolute atomic E-state index is 0.123. The molecule has 1 N–H and O–H groups in total. The average Bonchev–Trinajstić information content (AvgIpc) is 2.53. The van der Waals surface area contributed by atoms with Gasteiger partial charge in [0, 0.05) is 19.6 Å². The van der Waals surface area contributed by atoms with Gasteiger partial charge in [0.1, 0.15) is 6.61 Å². The van der Waals surface area contributed by atoms with E-state index < -0.39 is 6.10 Å². The number of β-amino-alcohol motifs (C(OH)–C–C–N with tert-alkyl or cyclic N) is 1. The van der Waals surface area contributed by atoms with Crippen LogP contribution in [0.25, 0.3) is 0 Å². The van der Waals surface area contributed by atoms with Crippen LogP contribution in [0, 0.1) is 11.8 Å². The summed E-state index contributed by atoms with van der Waals surface area (Å²) in [5, 5.41) is 10.2. The number of hydrogen-bond donors (Lipinski definition) is 1. The van der Waals surface area contributed by atoms with E-state index in [4.69, 9.17) is 14.2 Å². The predicted octanol–water partition coefficient (Wildman–Crippen LogP) is 2.18. The third-order valence-corrected chi connectivity index (χ3v) is 4.59. The molecule has 0 saturated carbocycles. The lowest BCUT2D eigenvalue weighted by molar-refractivity contribution is -0.0331. The number of ether oxygens (including phenoxy) is 3. The zero-order valence-corrected chi connectivity index (χ0v) is 14.7. The SMILES string of the molecule is C[C@@H]1C[C@H](C)CN(C[C@@H](O)COC[C@@H]2COc3ccccc3O2)C1. The summed E-state index contributed by atoms with van der Waals surface area (Å²) in [4.78, 5) is 2.35. The molecule has 2 aliphatic heterocycles. The molecule has 5 nitrogen and oxygen atoms in total. The van der Waals surface area contributed by atoms with Crippen molar-refractivity contribution in [2.45, 2.75) is 32.5 Å². The third-order valence-electron chi connectivity index (χ3n) is 4.59.